The molecule has 1 atom stereocenters. The van der Waals surface area contributed by atoms with Gasteiger partial charge < -0.3 is 20.2 Å². The number of carbonyl (C=O) groups is 1. The van der Waals surface area contributed by atoms with Crippen LogP contribution in [0.3, 0.4) is 0 Å². The SMILES string of the molecule is CC[C@]1(CO)CCCN1C(=O)Nc1cccc(N(C)C(C)C)c1. The predicted molar refractivity (Wildman–Crippen MR) is 95.0 cm³/mol. The van der Waals surface area contributed by atoms with Gasteiger partial charge in [0.2, 0.25) is 0 Å². The van der Waals surface area contributed by atoms with Crippen molar-refractivity contribution in [1.29, 1.82) is 0 Å². The summed E-state index contributed by atoms with van der Waals surface area (Å²) in [5.41, 5.74) is 1.45. The smallest absolute Gasteiger partial charge is 0.322 e. The molecule has 0 bridgehead atoms. The minimum atomic E-state index is -0.406. The Morgan fingerprint density at radius 2 is 2.22 bits per heavy atom. The molecule has 0 aliphatic carbocycles. The Balaban J connectivity index is 2.13. The molecule has 1 aromatic carbocycles. The Labute approximate surface area is 139 Å². The zero-order chi connectivity index (χ0) is 17.0. The van der Waals surface area contributed by atoms with Gasteiger partial charge in [0.05, 0.1) is 12.1 Å². The second-order valence-electron chi connectivity index (χ2n) is 6.68. The van der Waals surface area contributed by atoms with Crippen molar-refractivity contribution in [3.05, 3.63) is 24.3 Å². The Morgan fingerprint density at radius 3 is 2.83 bits per heavy atom. The number of amides is 2. The average molecular weight is 319 g/mol. The third-order valence-electron chi connectivity index (χ3n) is 5.07. The molecule has 2 rings (SSSR count). The zero-order valence-corrected chi connectivity index (χ0v) is 14.7. The molecular formula is C18H29N3O2. The van der Waals surface area contributed by atoms with Gasteiger partial charge in [-0.2, -0.15) is 0 Å². The number of hydrogen-bond donors (Lipinski definition) is 2. The van der Waals surface area contributed by atoms with Gasteiger partial charge in [-0.15, -0.1) is 0 Å². The van der Waals surface area contributed by atoms with E-state index in [1.54, 1.807) is 4.90 Å². The molecule has 23 heavy (non-hydrogen) atoms. The summed E-state index contributed by atoms with van der Waals surface area (Å²) in [7, 11) is 2.04. The van der Waals surface area contributed by atoms with Crippen LogP contribution in [0.2, 0.25) is 0 Å². The van der Waals surface area contributed by atoms with Crippen molar-refractivity contribution < 1.29 is 9.90 Å². The van der Waals surface area contributed by atoms with Crippen LogP contribution in [0, 0.1) is 0 Å². The Kier molecular flexibility index (Phi) is 5.52. The molecule has 5 heteroatoms. The van der Waals surface area contributed by atoms with Crippen molar-refractivity contribution in [2.75, 3.05) is 30.4 Å². The molecule has 0 aromatic heterocycles. The third kappa shape index (κ3) is 3.61. The van der Waals surface area contributed by atoms with Crippen LogP contribution < -0.4 is 10.2 Å². The van der Waals surface area contributed by atoms with E-state index >= 15 is 0 Å². The van der Waals surface area contributed by atoms with Crippen molar-refractivity contribution in [2.24, 2.45) is 0 Å². The highest BCUT2D eigenvalue weighted by molar-refractivity contribution is 5.90. The number of hydrogen-bond acceptors (Lipinski definition) is 3. The van der Waals surface area contributed by atoms with Gasteiger partial charge in [0.25, 0.3) is 0 Å². The fraction of sp³-hybridized carbons (Fsp3) is 0.611. The van der Waals surface area contributed by atoms with Crippen LogP contribution in [-0.2, 0) is 0 Å². The molecule has 1 aliphatic rings. The van der Waals surface area contributed by atoms with E-state index < -0.39 is 5.54 Å². The van der Waals surface area contributed by atoms with Crippen molar-refractivity contribution in [2.45, 2.75) is 51.6 Å². The number of nitrogens with one attached hydrogen (secondary N) is 1. The van der Waals surface area contributed by atoms with E-state index in [0.29, 0.717) is 12.6 Å². The lowest BCUT2D eigenvalue weighted by Gasteiger charge is -2.36. The number of benzene rings is 1. The van der Waals surface area contributed by atoms with Crippen LogP contribution >= 0.6 is 0 Å². The number of anilines is 2. The Hall–Kier alpha value is -1.75. The molecule has 1 heterocycles. The van der Waals surface area contributed by atoms with Crippen molar-refractivity contribution in [1.82, 2.24) is 4.90 Å². The Bertz CT molecular complexity index is 541. The van der Waals surface area contributed by atoms with Gasteiger partial charge in [0, 0.05) is 31.0 Å². The maximum absolute atomic E-state index is 12.7. The highest BCUT2D eigenvalue weighted by Gasteiger charge is 2.41. The first-order valence-corrected chi connectivity index (χ1v) is 8.46. The van der Waals surface area contributed by atoms with E-state index in [1.165, 1.54) is 0 Å². The molecule has 0 spiro atoms. The third-order valence-corrected chi connectivity index (χ3v) is 5.07. The largest absolute Gasteiger partial charge is 0.394 e. The molecule has 0 radical (unpaired) electrons. The number of aliphatic hydroxyl groups excluding tert-OH is 1. The van der Waals surface area contributed by atoms with Crippen LogP contribution in [0.25, 0.3) is 0 Å². The molecular weight excluding hydrogens is 290 g/mol. The lowest BCUT2D eigenvalue weighted by atomic mass is 9.94. The fourth-order valence-corrected chi connectivity index (χ4v) is 3.19. The maximum atomic E-state index is 12.7. The number of likely N-dealkylation sites (tertiary alicyclic amines) is 1. The van der Waals surface area contributed by atoms with Crippen LogP contribution in [0.4, 0.5) is 16.2 Å². The second kappa shape index (κ2) is 7.21. The Morgan fingerprint density at radius 1 is 1.48 bits per heavy atom. The van der Waals surface area contributed by atoms with E-state index in [9.17, 15) is 9.90 Å². The van der Waals surface area contributed by atoms with Crippen LogP contribution in [-0.4, -0.2) is 47.8 Å². The van der Waals surface area contributed by atoms with Crippen molar-refractivity contribution >= 4 is 17.4 Å². The van der Waals surface area contributed by atoms with Crippen molar-refractivity contribution in [3.8, 4) is 0 Å². The lowest BCUT2D eigenvalue weighted by Crippen LogP contribution is -2.51. The quantitative estimate of drug-likeness (QED) is 0.875. The predicted octanol–water partition coefficient (Wildman–Crippen LogP) is 3.30. The summed E-state index contributed by atoms with van der Waals surface area (Å²) in [6, 6.07) is 8.14. The highest BCUT2D eigenvalue weighted by Crippen LogP contribution is 2.32. The molecule has 0 saturated carbocycles. The van der Waals surface area contributed by atoms with E-state index in [-0.39, 0.29) is 12.6 Å². The van der Waals surface area contributed by atoms with E-state index in [0.717, 1.165) is 30.6 Å². The van der Waals surface area contributed by atoms with Crippen LogP contribution in [0.5, 0.6) is 0 Å². The number of carbonyl (C=O) groups excluding carboxylic acids is 1. The molecule has 128 valence electrons. The highest BCUT2D eigenvalue weighted by atomic mass is 16.3. The number of nitrogens with zero attached hydrogens (tertiary/aromatic N) is 2. The molecule has 1 aromatic rings. The molecule has 5 nitrogen and oxygen atoms in total. The van der Waals surface area contributed by atoms with Gasteiger partial charge in [0.1, 0.15) is 0 Å². The van der Waals surface area contributed by atoms with Gasteiger partial charge >= 0.3 is 6.03 Å². The zero-order valence-electron chi connectivity index (χ0n) is 14.7. The normalized spacial score (nSPS) is 20.9. The summed E-state index contributed by atoms with van der Waals surface area (Å²) in [6.45, 7) is 7.01. The molecule has 1 fully saturated rings. The monoisotopic (exact) mass is 319 g/mol. The number of aliphatic hydroxyl groups is 1. The lowest BCUT2D eigenvalue weighted by molar-refractivity contribution is 0.0867. The van der Waals surface area contributed by atoms with E-state index in [4.69, 9.17) is 0 Å². The standard InChI is InChI=1S/C18H29N3O2/c1-5-18(13-22)10-7-11-21(18)17(23)19-15-8-6-9-16(12-15)20(4)14(2)3/h6,8-9,12,14,22H,5,7,10-11,13H2,1-4H3,(H,19,23)/t18-/m1/s1. The van der Waals surface area contributed by atoms with Crippen LogP contribution in [0.15, 0.2) is 24.3 Å². The van der Waals surface area contributed by atoms with Gasteiger partial charge in [-0.05, 0) is 51.3 Å². The van der Waals surface area contributed by atoms with Gasteiger partial charge in [-0.3, -0.25) is 0 Å². The first kappa shape index (κ1) is 17.6. The molecule has 2 amide bonds. The summed E-state index contributed by atoms with van der Waals surface area (Å²) < 4.78 is 0. The molecule has 1 aliphatic heterocycles. The number of rotatable bonds is 5. The van der Waals surface area contributed by atoms with Gasteiger partial charge in [-0.25, -0.2) is 4.79 Å². The van der Waals surface area contributed by atoms with Crippen molar-refractivity contribution in [3.63, 3.8) is 0 Å². The molecule has 0 unspecified atom stereocenters. The van der Waals surface area contributed by atoms with E-state index in [1.807, 2.05) is 38.2 Å². The topological polar surface area (TPSA) is 55.8 Å². The first-order chi connectivity index (χ1) is 10.9. The maximum Gasteiger partial charge on any atom is 0.322 e. The molecule has 1 saturated heterocycles. The average Bonchev–Trinajstić information content (AvgIpc) is 2.99. The summed E-state index contributed by atoms with van der Waals surface area (Å²) in [4.78, 5) is 16.6. The second-order valence-corrected chi connectivity index (χ2v) is 6.68. The summed E-state index contributed by atoms with van der Waals surface area (Å²) in [5, 5.41) is 12.7. The van der Waals surface area contributed by atoms with Crippen LogP contribution in [0.1, 0.15) is 40.0 Å². The fourth-order valence-electron chi connectivity index (χ4n) is 3.19. The van der Waals surface area contributed by atoms with Gasteiger partial charge in [-0.1, -0.05) is 13.0 Å². The summed E-state index contributed by atoms with van der Waals surface area (Å²) >= 11 is 0. The summed E-state index contributed by atoms with van der Waals surface area (Å²) in [5.74, 6) is 0. The van der Waals surface area contributed by atoms with Gasteiger partial charge in [0.15, 0.2) is 0 Å². The van der Waals surface area contributed by atoms with E-state index in [2.05, 4.69) is 24.1 Å². The molecule has 2 N–H and O–H groups in total. The summed E-state index contributed by atoms with van der Waals surface area (Å²) in [6.07, 6.45) is 2.58. The minimum Gasteiger partial charge on any atom is -0.394 e. The minimum absolute atomic E-state index is 0.0209. The first-order valence-electron chi connectivity index (χ1n) is 8.46. The number of urea groups is 1.